The first-order chi connectivity index (χ1) is 15.1. The zero-order valence-corrected chi connectivity index (χ0v) is 18.9. The van der Waals surface area contributed by atoms with Crippen molar-refractivity contribution in [1.29, 1.82) is 0 Å². The van der Waals surface area contributed by atoms with Crippen molar-refractivity contribution in [1.82, 2.24) is 14.9 Å². The number of methoxy groups -OCH3 is 1. The van der Waals surface area contributed by atoms with Crippen molar-refractivity contribution in [2.24, 2.45) is 0 Å². The average Bonchev–Trinajstić information content (AvgIpc) is 2.81. The van der Waals surface area contributed by atoms with E-state index in [1.165, 1.54) is 11.1 Å². The lowest BCUT2D eigenvalue weighted by atomic mass is 9.95. The molecule has 7 nitrogen and oxygen atoms in total. The van der Waals surface area contributed by atoms with E-state index in [1.807, 2.05) is 12.1 Å². The van der Waals surface area contributed by atoms with Crippen LogP contribution in [0.2, 0.25) is 0 Å². The van der Waals surface area contributed by atoms with E-state index in [0.717, 1.165) is 87.4 Å². The highest BCUT2D eigenvalue weighted by atomic mass is 16.5. The van der Waals surface area contributed by atoms with Gasteiger partial charge in [-0.2, -0.15) is 0 Å². The molecule has 1 aromatic carbocycles. The molecule has 2 fully saturated rings. The molecule has 2 aliphatic heterocycles. The number of benzene rings is 1. The molecule has 0 saturated carbocycles. The molecular formula is C24H34N4O3. The van der Waals surface area contributed by atoms with Gasteiger partial charge >= 0.3 is 0 Å². The van der Waals surface area contributed by atoms with E-state index < -0.39 is 0 Å². The van der Waals surface area contributed by atoms with Gasteiger partial charge in [0.2, 0.25) is 0 Å². The summed E-state index contributed by atoms with van der Waals surface area (Å²) in [6.07, 6.45) is 2.13. The fourth-order valence-corrected chi connectivity index (χ4v) is 4.56. The van der Waals surface area contributed by atoms with Crippen molar-refractivity contribution in [3.05, 3.63) is 46.4 Å². The molecule has 7 heteroatoms. The quantitative estimate of drug-likeness (QED) is 0.762. The second-order valence-electron chi connectivity index (χ2n) is 8.57. The summed E-state index contributed by atoms with van der Waals surface area (Å²) in [5, 5.41) is 9.58. The molecule has 31 heavy (non-hydrogen) atoms. The Kier molecular flexibility index (Phi) is 7.05. The third kappa shape index (κ3) is 5.00. The maximum Gasteiger partial charge on any atom is 0.135 e. The Morgan fingerprint density at radius 3 is 2.52 bits per heavy atom. The highest BCUT2D eigenvalue weighted by Crippen LogP contribution is 2.30. The maximum atomic E-state index is 9.58. The van der Waals surface area contributed by atoms with Gasteiger partial charge in [0.25, 0.3) is 0 Å². The van der Waals surface area contributed by atoms with Crippen molar-refractivity contribution < 1.29 is 14.6 Å². The largest absolute Gasteiger partial charge is 0.496 e. The Morgan fingerprint density at radius 1 is 1.10 bits per heavy atom. The number of aliphatic hydroxyl groups is 1. The fourth-order valence-electron chi connectivity index (χ4n) is 4.56. The van der Waals surface area contributed by atoms with Gasteiger partial charge in [-0.1, -0.05) is 6.07 Å². The van der Waals surface area contributed by atoms with Gasteiger partial charge in [-0.25, -0.2) is 9.97 Å². The summed E-state index contributed by atoms with van der Waals surface area (Å²) in [6, 6.07) is 6.08. The zero-order valence-electron chi connectivity index (χ0n) is 18.9. The summed E-state index contributed by atoms with van der Waals surface area (Å²) < 4.78 is 10.8. The molecule has 2 saturated heterocycles. The van der Waals surface area contributed by atoms with Crippen LogP contribution in [0.5, 0.6) is 5.75 Å². The third-order valence-corrected chi connectivity index (χ3v) is 6.57. The van der Waals surface area contributed by atoms with Crippen LogP contribution in [-0.4, -0.2) is 66.5 Å². The number of anilines is 1. The van der Waals surface area contributed by atoms with E-state index in [2.05, 4.69) is 29.7 Å². The summed E-state index contributed by atoms with van der Waals surface area (Å²) in [4.78, 5) is 14.7. The number of aliphatic hydroxyl groups excluding tert-OH is 1. The molecule has 3 heterocycles. The van der Waals surface area contributed by atoms with Crippen LogP contribution in [0.3, 0.4) is 0 Å². The summed E-state index contributed by atoms with van der Waals surface area (Å²) in [5.41, 5.74) is 4.32. The number of hydrogen-bond acceptors (Lipinski definition) is 7. The van der Waals surface area contributed by atoms with Gasteiger partial charge in [0.15, 0.2) is 0 Å². The van der Waals surface area contributed by atoms with Crippen molar-refractivity contribution >= 4 is 5.82 Å². The molecule has 0 unspecified atom stereocenters. The number of piperidine rings is 1. The summed E-state index contributed by atoms with van der Waals surface area (Å²) in [5.74, 6) is 3.23. The van der Waals surface area contributed by atoms with E-state index in [4.69, 9.17) is 19.4 Å². The molecule has 1 aromatic heterocycles. The lowest BCUT2D eigenvalue weighted by molar-refractivity contribution is 0.122. The van der Waals surface area contributed by atoms with Crippen LogP contribution in [0.4, 0.5) is 5.82 Å². The Labute approximate surface area is 185 Å². The van der Waals surface area contributed by atoms with Gasteiger partial charge in [0, 0.05) is 42.4 Å². The van der Waals surface area contributed by atoms with Crippen molar-refractivity contribution in [3.63, 3.8) is 0 Å². The molecule has 2 aromatic rings. The van der Waals surface area contributed by atoms with Gasteiger partial charge in [0.05, 0.1) is 26.9 Å². The number of likely N-dealkylation sites (tertiary alicyclic amines) is 1. The SMILES string of the molecule is COc1ccc(CN2CCC(c3nc(C)c(C)c(N4CCOCC4)n3)CC2)cc1CO. The Morgan fingerprint density at radius 2 is 1.84 bits per heavy atom. The second kappa shape index (κ2) is 9.94. The third-order valence-electron chi connectivity index (χ3n) is 6.57. The highest BCUT2D eigenvalue weighted by molar-refractivity contribution is 5.49. The van der Waals surface area contributed by atoms with Crippen LogP contribution in [0, 0.1) is 13.8 Å². The molecule has 168 valence electrons. The highest BCUT2D eigenvalue weighted by Gasteiger charge is 2.25. The predicted molar refractivity (Wildman–Crippen MR) is 121 cm³/mol. The Hall–Kier alpha value is -2.22. The second-order valence-corrected chi connectivity index (χ2v) is 8.57. The summed E-state index contributed by atoms with van der Waals surface area (Å²) >= 11 is 0. The van der Waals surface area contributed by atoms with Crippen LogP contribution in [0.25, 0.3) is 0 Å². The maximum absolute atomic E-state index is 9.58. The molecule has 0 bridgehead atoms. The minimum absolute atomic E-state index is 0.00528. The number of rotatable bonds is 6. The number of nitrogens with zero attached hydrogens (tertiary/aromatic N) is 4. The first-order valence-corrected chi connectivity index (χ1v) is 11.3. The molecule has 0 radical (unpaired) electrons. The molecule has 0 atom stereocenters. The zero-order chi connectivity index (χ0) is 21.8. The van der Waals surface area contributed by atoms with Gasteiger partial charge in [-0.05, 0) is 57.5 Å². The van der Waals surface area contributed by atoms with Gasteiger partial charge in [-0.3, -0.25) is 4.90 Å². The Bertz CT molecular complexity index is 891. The Balaban J connectivity index is 1.41. The smallest absolute Gasteiger partial charge is 0.135 e. The van der Waals surface area contributed by atoms with Crippen molar-refractivity contribution in [2.45, 2.75) is 45.8 Å². The van der Waals surface area contributed by atoms with E-state index in [-0.39, 0.29) is 6.61 Å². The number of morpholine rings is 1. The number of aromatic nitrogens is 2. The lowest BCUT2D eigenvalue weighted by Gasteiger charge is -2.33. The molecule has 1 N–H and O–H groups in total. The fraction of sp³-hybridized carbons (Fsp3) is 0.583. The number of hydrogen-bond donors (Lipinski definition) is 1. The molecular weight excluding hydrogens is 392 g/mol. The standard InChI is InChI=1S/C24H34N4O3/c1-17-18(2)25-23(26-24(17)28-10-12-31-13-11-28)20-6-8-27(9-7-20)15-19-4-5-22(30-3)21(14-19)16-29/h4-5,14,20,29H,6-13,15-16H2,1-3H3. The minimum atomic E-state index is -0.00528. The predicted octanol–water partition coefficient (Wildman–Crippen LogP) is 2.81. The van der Waals surface area contributed by atoms with Crippen LogP contribution < -0.4 is 9.64 Å². The average molecular weight is 427 g/mol. The minimum Gasteiger partial charge on any atom is -0.496 e. The van der Waals surface area contributed by atoms with Gasteiger partial charge in [-0.15, -0.1) is 0 Å². The lowest BCUT2D eigenvalue weighted by Crippen LogP contribution is -2.38. The molecule has 4 rings (SSSR count). The van der Waals surface area contributed by atoms with Crippen LogP contribution in [0.15, 0.2) is 18.2 Å². The summed E-state index contributed by atoms with van der Waals surface area (Å²) in [6.45, 7) is 10.5. The van der Waals surface area contributed by atoms with E-state index >= 15 is 0 Å². The topological polar surface area (TPSA) is 71.0 Å². The molecule has 2 aliphatic rings. The summed E-state index contributed by atoms with van der Waals surface area (Å²) in [7, 11) is 1.64. The molecule has 0 amide bonds. The number of aryl methyl sites for hydroxylation is 1. The monoisotopic (exact) mass is 426 g/mol. The van der Waals surface area contributed by atoms with E-state index in [1.54, 1.807) is 7.11 Å². The van der Waals surface area contributed by atoms with Crippen molar-refractivity contribution in [2.75, 3.05) is 51.4 Å². The molecule has 0 aliphatic carbocycles. The van der Waals surface area contributed by atoms with Gasteiger partial charge < -0.3 is 19.5 Å². The van der Waals surface area contributed by atoms with Crippen LogP contribution in [-0.2, 0) is 17.9 Å². The van der Waals surface area contributed by atoms with E-state index in [0.29, 0.717) is 5.92 Å². The first-order valence-electron chi connectivity index (χ1n) is 11.3. The number of ether oxygens (including phenoxy) is 2. The van der Waals surface area contributed by atoms with Crippen LogP contribution >= 0.6 is 0 Å². The first kappa shape index (κ1) is 22.0. The normalized spacial score (nSPS) is 18.4. The van der Waals surface area contributed by atoms with Crippen LogP contribution in [0.1, 0.15) is 47.0 Å². The molecule has 0 spiro atoms. The van der Waals surface area contributed by atoms with E-state index in [9.17, 15) is 5.11 Å². The van der Waals surface area contributed by atoms with Crippen molar-refractivity contribution in [3.8, 4) is 5.75 Å². The van der Waals surface area contributed by atoms with Gasteiger partial charge in [0.1, 0.15) is 17.4 Å².